The van der Waals surface area contributed by atoms with Crippen LogP contribution in [0.25, 0.3) is 16.5 Å². The Morgan fingerprint density at radius 1 is 0.925 bits per heavy atom. The molecule has 0 spiro atoms. The summed E-state index contributed by atoms with van der Waals surface area (Å²) in [6, 6.07) is 6.82. The van der Waals surface area contributed by atoms with E-state index in [1.54, 1.807) is 0 Å². The van der Waals surface area contributed by atoms with Crippen LogP contribution in [-0.2, 0) is 20.8 Å². The maximum absolute atomic E-state index is 12.9. The minimum absolute atomic E-state index is 0.0445. The third kappa shape index (κ3) is 8.43. The molecule has 1 aromatic heterocycles. The average Bonchev–Trinajstić information content (AvgIpc) is 3.35. The number of carbonyl (C=O) groups excluding carboxylic acids is 1. The molecule has 0 unspecified atom stereocenters. The van der Waals surface area contributed by atoms with Crippen LogP contribution in [0.5, 0.6) is 0 Å². The zero-order valence-electron chi connectivity index (χ0n) is 24.5. The second kappa shape index (κ2) is 15.6. The number of rotatable bonds is 14. The van der Waals surface area contributed by atoms with Crippen molar-refractivity contribution < 1.29 is 24.6 Å². The number of nitrogens with zero attached hydrogens (tertiary/aromatic N) is 2. The van der Waals surface area contributed by atoms with Crippen molar-refractivity contribution in [1.29, 1.82) is 0 Å². The van der Waals surface area contributed by atoms with E-state index >= 15 is 0 Å². The van der Waals surface area contributed by atoms with Gasteiger partial charge in [0.1, 0.15) is 0 Å². The van der Waals surface area contributed by atoms with Gasteiger partial charge >= 0.3 is 11.9 Å². The van der Waals surface area contributed by atoms with E-state index in [0.29, 0.717) is 6.04 Å². The number of amides is 1. The highest BCUT2D eigenvalue weighted by Crippen LogP contribution is 2.40. The number of carboxylic acid groups (broad SMARTS) is 2. The third-order valence-corrected chi connectivity index (χ3v) is 8.19. The number of aliphatic carboxylic acids is 2. The molecular weight excluding hydrogens is 506 g/mol. The molecule has 2 atom stereocenters. The summed E-state index contributed by atoms with van der Waals surface area (Å²) >= 11 is 0. The average molecular weight is 554 g/mol. The zero-order chi connectivity index (χ0) is 29.1. The molecule has 4 rings (SSSR count). The fourth-order valence-corrected chi connectivity index (χ4v) is 5.99. The molecule has 1 aromatic carbocycles. The van der Waals surface area contributed by atoms with Crippen LogP contribution in [0.1, 0.15) is 89.2 Å². The number of unbranched alkanes of at least 4 members (excludes halogenated alkanes) is 7. The number of nitrogens with one attached hydrogen (secondary N) is 1. The number of H-pyrrole nitrogens is 1. The fraction of sp³-hybridized carbons (Fsp3) is 0.594. The number of likely N-dealkylation sites (N-methyl/N-ethyl adjacent to an activating group) is 1. The van der Waals surface area contributed by atoms with Crippen molar-refractivity contribution in [1.82, 2.24) is 14.8 Å². The van der Waals surface area contributed by atoms with Gasteiger partial charge < -0.3 is 20.1 Å². The highest BCUT2D eigenvalue weighted by atomic mass is 16.4. The van der Waals surface area contributed by atoms with Crippen molar-refractivity contribution in [3.63, 3.8) is 0 Å². The quantitative estimate of drug-likeness (QED) is 0.249. The van der Waals surface area contributed by atoms with Crippen LogP contribution in [0.3, 0.4) is 0 Å². The van der Waals surface area contributed by atoms with E-state index in [2.05, 4.69) is 61.3 Å². The maximum atomic E-state index is 12.9. The van der Waals surface area contributed by atoms with E-state index in [1.807, 2.05) is 4.90 Å². The molecule has 8 heteroatoms. The SMILES string of the molecule is CCN(CC)C(=O)[C@@H]1C=C2c3cccc4[nH]cc(c34)C[C@H]2N(C)C1.O=C(O)CCCCCCCCCCC(=O)O. The van der Waals surface area contributed by atoms with E-state index in [9.17, 15) is 14.4 Å². The molecule has 1 amide bonds. The number of carbonyl (C=O) groups is 3. The van der Waals surface area contributed by atoms with Crippen LogP contribution in [0.2, 0.25) is 0 Å². The van der Waals surface area contributed by atoms with Crippen LogP contribution in [0, 0.1) is 5.92 Å². The van der Waals surface area contributed by atoms with E-state index in [1.165, 1.54) is 27.6 Å². The van der Waals surface area contributed by atoms with Gasteiger partial charge in [-0.3, -0.25) is 19.3 Å². The van der Waals surface area contributed by atoms with Crippen molar-refractivity contribution in [2.24, 2.45) is 5.92 Å². The highest BCUT2D eigenvalue weighted by molar-refractivity contribution is 5.99. The Labute approximate surface area is 238 Å². The maximum Gasteiger partial charge on any atom is 0.303 e. The van der Waals surface area contributed by atoms with Crippen LogP contribution in [0.4, 0.5) is 0 Å². The molecule has 0 radical (unpaired) electrons. The number of aromatic amines is 1. The number of aromatic nitrogens is 1. The van der Waals surface area contributed by atoms with Gasteiger partial charge in [-0.15, -0.1) is 0 Å². The number of benzene rings is 1. The van der Waals surface area contributed by atoms with Crippen LogP contribution >= 0.6 is 0 Å². The Morgan fingerprint density at radius 2 is 1.50 bits per heavy atom. The van der Waals surface area contributed by atoms with Gasteiger partial charge in [0.25, 0.3) is 0 Å². The Kier molecular flexibility index (Phi) is 12.2. The topological polar surface area (TPSA) is 114 Å². The number of carboxylic acids is 2. The summed E-state index contributed by atoms with van der Waals surface area (Å²) < 4.78 is 0. The van der Waals surface area contributed by atoms with E-state index in [4.69, 9.17) is 10.2 Å². The van der Waals surface area contributed by atoms with Gasteiger partial charge in [0.2, 0.25) is 5.91 Å². The number of fused-ring (bicyclic) bond motifs is 2. The lowest BCUT2D eigenvalue weighted by molar-refractivity contribution is -0.138. The monoisotopic (exact) mass is 553 g/mol. The molecule has 3 N–H and O–H groups in total. The first-order valence-electron chi connectivity index (χ1n) is 15.0. The van der Waals surface area contributed by atoms with Crippen molar-refractivity contribution in [3.8, 4) is 0 Å². The summed E-state index contributed by atoms with van der Waals surface area (Å²) in [5.41, 5.74) is 5.21. The molecule has 0 saturated heterocycles. The second-order valence-corrected chi connectivity index (χ2v) is 11.1. The molecule has 40 heavy (non-hydrogen) atoms. The van der Waals surface area contributed by atoms with E-state index in [-0.39, 0.29) is 24.7 Å². The zero-order valence-corrected chi connectivity index (χ0v) is 24.5. The van der Waals surface area contributed by atoms with Gasteiger partial charge in [0.15, 0.2) is 0 Å². The summed E-state index contributed by atoms with van der Waals surface area (Å²) in [5.74, 6) is -1.22. The standard InChI is InChI=1S/C20H25N3O.C12H22O4/c1-4-23(5-2)20(24)14-9-16-15-7-6-8-17-19(15)13(11-21-17)10-18(16)22(3)12-14;13-11(14)9-7-5-3-1-2-4-6-8-10-12(15)16/h6-9,11,14,18,21H,4-5,10,12H2,1-3H3;1-10H2,(H,13,14)(H,15,16)/t14-,18-;/m1./s1. The molecule has 2 aliphatic rings. The van der Waals surface area contributed by atoms with Gasteiger partial charge in [-0.1, -0.05) is 56.7 Å². The molecule has 220 valence electrons. The smallest absolute Gasteiger partial charge is 0.303 e. The summed E-state index contributed by atoms with van der Waals surface area (Å²) in [6.45, 7) is 6.47. The molecule has 2 aromatic rings. The van der Waals surface area contributed by atoms with Crippen molar-refractivity contribution in [3.05, 3.63) is 41.6 Å². The Bertz CT molecular complexity index is 1140. The van der Waals surface area contributed by atoms with Crippen molar-refractivity contribution in [2.75, 3.05) is 26.7 Å². The van der Waals surface area contributed by atoms with Crippen LogP contribution in [0.15, 0.2) is 30.5 Å². The molecule has 0 bridgehead atoms. The Morgan fingerprint density at radius 3 is 2.05 bits per heavy atom. The lowest BCUT2D eigenvalue weighted by Crippen LogP contribution is -2.47. The number of hydrogen-bond acceptors (Lipinski definition) is 4. The summed E-state index contributed by atoms with van der Waals surface area (Å²) in [6.07, 6.45) is 13.9. The molecular formula is C32H47N3O5. The fourth-order valence-electron chi connectivity index (χ4n) is 5.99. The molecule has 8 nitrogen and oxygen atoms in total. The largest absolute Gasteiger partial charge is 0.481 e. The lowest BCUT2D eigenvalue weighted by Gasteiger charge is -2.40. The normalized spacial score (nSPS) is 17.9. The summed E-state index contributed by atoms with van der Waals surface area (Å²) in [7, 11) is 2.15. The van der Waals surface area contributed by atoms with E-state index < -0.39 is 11.9 Å². The Hall–Kier alpha value is -3.13. The first-order valence-corrected chi connectivity index (χ1v) is 15.0. The summed E-state index contributed by atoms with van der Waals surface area (Å²) in [5, 5.41) is 18.2. The first-order chi connectivity index (χ1) is 19.3. The van der Waals surface area contributed by atoms with Crippen LogP contribution < -0.4 is 0 Å². The number of hydrogen-bond donors (Lipinski definition) is 3. The Balaban J connectivity index is 0.000000243. The van der Waals surface area contributed by atoms with E-state index in [0.717, 1.165) is 77.4 Å². The predicted molar refractivity (Wildman–Crippen MR) is 159 cm³/mol. The molecule has 0 fully saturated rings. The predicted octanol–water partition coefficient (Wildman–Crippen LogP) is 5.96. The molecule has 2 heterocycles. The summed E-state index contributed by atoms with van der Waals surface area (Å²) in [4.78, 5) is 41.0. The lowest BCUT2D eigenvalue weighted by atomic mass is 9.79. The minimum Gasteiger partial charge on any atom is -0.481 e. The van der Waals surface area contributed by atoms with Gasteiger partial charge in [0.05, 0.1) is 5.92 Å². The molecule has 1 aliphatic carbocycles. The van der Waals surface area contributed by atoms with Gasteiger partial charge in [-0.05, 0) is 62.9 Å². The van der Waals surface area contributed by atoms with Crippen molar-refractivity contribution >= 4 is 34.3 Å². The van der Waals surface area contributed by atoms with Gasteiger partial charge in [-0.2, -0.15) is 0 Å². The highest BCUT2D eigenvalue weighted by Gasteiger charge is 2.36. The molecule has 1 aliphatic heterocycles. The van der Waals surface area contributed by atoms with Crippen molar-refractivity contribution in [2.45, 2.75) is 90.5 Å². The van der Waals surface area contributed by atoms with Gasteiger partial charge in [-0.25, -0.2) is 0 Å². The van der Waals surface area contributed by atoms with Crippen LogP contribution in [-0.4, -0.2) is 75.6 Å². The second-order valence-electron chi connectivity index (χ2n) is 11.1. The first kappa shape index (κ1) is 31.4. The molecule has 0 saturated carbocycles. The third-order valence-electron chi connectivity index (χ3n) is 8.19. The minimum atomic E-state index is -0.714. The van der Waals surface area contributed by atoms with Gasteiger partial charge in [0, 0.05) is 55.6 Å².